The van der Waals surface area contributed by atoms with Crippen LogP contribution in [0.1, 0.15) is 17.0 Å². The Balaban J connectivity index is 2.04. The van der Waals surface area contributed by atoms with Gasteiger partial charge in [-0.25, -0.2) is 14.2 Å². The maximum atomic E-state index is 13.7. The van der Waals surface area contributed by atoms with Gasteiger partial charge in [-0.2, -0.15) is 13.2 Å². The van der Waals surface area contributed by atoms with Crippen LogP contribution in [0.5, 0.6) is 11.6 Å². The molecule has 0 aliphatic rings. The number of aryl methyl sites for hydroxylation is 2. The molecule has 0 unspecified atom stereocenters. The molecule has 3 aromatic rings. The lowest BCUT2D eigenvalue weighted by Crippen LogP contribution is -2.29. The second-order valence-corrected chi connectivity index (χ2v) is 6.50. The molecular formula is C17H12BrF4N3O3. The summed E-state index contributed by atoms with van der Waals surface area (Å²) < 4.78 is 63.2. The molecule has 0 aliphatic carbocycles. The third-order valence-corrected chi connectivity index (χ3v) is 4.64. The molecule has 0 bridgehead atoms. The third kappa shape index (κ3) is 3.79. The quantitative estimate of drug-likeness (QED) is 0.428. The average molecular weight is 462 g/mol. The Kier molecular flexibility index (Phi) is 5.28. The van der Waals surface area contributed by atoms with Gasteiger partial charge in [0.05, 0.1) is 5.69 Å². The number of esters is 1. The minimum absolute atomic E-state index is 0.0493. The number of alkyl halides is 3. The zero-order valence-corrected chi connectivity index (χ0v) is 16.1. The number of carbonyl (C=O) groups is 1. The predicted octanol–water partition coefficient (Wildman–Crippen LogP) is 4.29. The summed E-state index contributed by atoms with van der Waals surface area (Å²) in [4.78, 5) is 19.4. The number of aromatic nitrogens is 3. The summed E-state index contributed by atoms with van der Waals surface area (Å²) in [7, 11) is 0. The Bertz CT molecular complexity index is 1070. The maximum absolute atomic E-state index is 13.7. The van der Waals surface area contributed by atoms with E-state index < -0.39 is 18.0 Å². The lowest BCUT2D eigenvalue weighted by molar-refractivity contribution is -0.190. The summed E-state index contributed by atoms with van der Waals surface area (Å²) in [6.45, 7) is 2.81. The van der Waals surface area contributed by atoms with Crippen molar-refractivity contribution >= 4 is 27.5 Å². The van der Waals surface area contributed by atoms with Gasteiger partial charge in [-0.15, -0.1) is 0 Å². The van der Waals surface area contributed by atoms with E-state index in [9.17, 15) is 22.4 Å². The number of ether oxygens (including phenoxy) is 2. The lowest BCUT2D eigenvalue weighted by atomic mass is 10.3. The van der Waals surface area contributed by atoms with Crippen molar-refractivity contribution in [2.24, 2.45) is 0 Å². The monoisotopic (exact) mass is 461 g/mol. The van der Waals surface area contributed by atoms with Crippen molar-refractivity contribution < 1.29 is 31.8 Å². The fourth-order valence-corrected chi connectivity index (χ4v) is 2.83. The molecule has 3 rings (SSSR count). The molecule has 28 heavy (non-hydrogen) atoms. The first-order valence-corrected chi connectivity index (χ1v) is 8.58. The topological polar surface area (TPSA) is 65.7 Å². The van der Waals surface area contributed by atoms with E-state index in [1.165, 1.54) is 35.7 Å². The highest BCUT2D eigenvalue weighted by molar-refractivity contribution is 9.10. The van der Waals surface area contributed by atoms with Gasteiger partial charge in [0.15, 0.2) is 11.4 Å². The SMILES string of the molecule is Cc1cc(OCc2ncccc2F)c2nc(C)c(Br)n2c1OC(=O)C(F)(F)F. The number of nitrogens with zero attached hydrogens (tertiary/aromatic N) is 3. The molecule has 0 spiro atoms. The fraction of sp³-hybridized carbons (Fsp3) is 0.235. The second-order valence-electron chi connectivity index (χ2n) is 5.75. The fourth-order valence-electron chi connectivity index (χ4n) is 2.41. The Morgan fingerprint density at radius 2 is 2.04 bits per heavy atom. The molecule has 0 aliphatic heterocycles. The van der Waals surface area contributed by atoms with Gasteiger partial charge < -0.3 is 9.47 Å². The first-order valence-electron chi connectivity index (χ1n) is 7.79. The highest BCUT2D eigenvalue weighted by atomic mass is 79.9. The van der Waals surface area contributed by atoms with Crippen LogP contribution < -0.4 is 9.47 Å². The van der Waals surface area contributed by atoms with Crippen LogP contribution in [0.2, 0.25) is 0 Å². The predicted molar refractivity (Wildman–Crippen MR) is 92.6 cm³/mol. The van der Waals surface area contributed by atoms with E-state index in [0.717, 1.165) is 0 Å². The van der Waals surface area contributed by atoms with Crippen LogP contribution in [0.3, 0.4) is 0 Å². The highest BCUT2D eigenvalue weighted by Gasteiger charge is 2.42. The summed E-state index contributed by atoms with van der Waals surface area (Å²) in [5, 5.41) is 0. The molecule has 0 atom stereocenters. The number of rotatable bonds is 4. The molecule has 0 saturated carbocycles. The zero-order chi connectivity index (χ0) is 20.6. The highest BCUT2D eigenvalue weighted by Crippen LogP contribution is 2.35. The van der Waals surface area contributed by atoms with E-state index >= 15 is 0 Å². The molecule has 3 heterocycles. The van der Waals surface area contributed by atoms with Crippen LogP contribution >= 0.6 is 15.9 Å². The van der Waals surface area contributed by atoms with Gasteiger partial charge in [0.25, 0.3) is 0 Å². The summed E-state index contributed by atoms with van der Waals surface area (Å²) >= 11 is 3.22. The van der Waals surface area contributed by atoms with Gasteiger partial charge in [0.1, 0.15) is 22.7 Å². The third-order valence-electron chi connectivity index (χ3n) is 3.71. The van der Waals surface area contributed by atoms with E-state index in [4.69, 9.17) is 4.74 Å². The molecule has 0 N–H and O–H groups in total. The molecule has 0 saturated heterocycles. The number of carbonyl (C=O) groups excluding carboxylic acids is 1. The van der Waals surface area contributed by atoms with Crippen molar-refractivity contribution in [3.05, 3.63) is 51.8 Å². The van der Waals surface area contributed by atoms with Gasteiger partial charge in [-0.1, -0.05) is 0 Å². The molecular weight excluding hydrogens is 450 g/mol. The standard InChI is InChI=1S/C17H12BrF4N3O3/c1-8-6-12(27-7-11-10(19)4-3-5-23-11)14-24-9(2)13(18)25(14)15(8)28-16(26)17(20,21)22/h3-6H,7H2,1-2H3. The number of hydrogen-bond acceptors (Lipinski definition) is 5. The second kappa shape index (κ2) is 7.38. The van der Waals surface area contributed by atoms with Crippen molar-refractivity contribution in [2.75, 3.05) is 0 Å². The Morgan fingerprint density at radius 3 is 2.68 bits per heavy atom. The van der Waals surface area contributed by atoms with E-state index in [1.807, 2.05) is 0 Å². The lowest BCUT2D eigenvalue weighted by Gasteiger charge is -2.15. The van der Waals surface area contributed by atoms with E-state index in [2.05, 4.69) is 30.6 Å². The molecule has 11 heteroatoms. The summed E-state index contributed by atoms with van der Waals surface area (Å²) in [5.74, 6) is -3.13. The van der Waals surface area contributed by atoms with E-state index in [1.54, 1.807) is 6.92 Å². The normalized spacial score (nSPS) is 11.7. The summed E-state index contributed by atoms with van der Waals surface area (Å²) in [6, 6.07) is 4.01. The first-order chi connectivity index (χ1) is 13.1. The molecule has 0 aromatic carbocycles. The molecule has 6 nitrogen and oxygen atoms in total. The van der Waals surface area contributed by atoms with Gasteiger partial charge in [-0.05, 0) is 48.0 Å². The number of halogens is 5. The number of pyridine rings is 2. The molecule has 0 fully saturated rings. The minimum atomic E-state index is -5.16. The van der Waals surface area contributed by atoms with Crippen molar-refractivity contribution in [3.8, 4) is 11.6 Å². The number of hydrogen-bond donors (Lipinski definition) is 0. The van der Waals surface area contributed by atoms with Crippen molar-refractivity contribution in [1.82, 2.24) is 14.4 Å². The van der Waals surface area contributed by atoms with Gasteiger partial charge in [0.2, 0.25) is 5.88 Å². The van der Waals surface area contributed by atoms with E-state index in [0.29, 0.717) is 5.69 Å². The van der Waals surface area contributed by atoms with Crippen molar-refractivity contribution in [1.29, 1.82) is 0 Å². The minimum Gasteiger partial charge on any atom is -0.483 e. The number of fused-ring (bicyclic) bond motifs is 1. The van der Waals surface area contributed by atoms with Gasteiger partial charge in [-0.3, -0.25) is 9.38 Å². The smallest absolute Gasteiger partial charge is 0.483 e. The van der Waals surface area contributed by atoms with E-state index in [-0.39, 0.29) is 39.7 Å². The summed E-state index contributed by atoms with van der Waals surface area (Å²) in [6.07, 6.45) is -3.76. The van der Waals surface area contributed by atoms with Crippen molar-refractivity contribution in [3.63, 3.8) is 0 Å². The largest absolute Gasteiger partial charge is 0.491 e. The van der Waals surface area contributed by atoms with Crippen LogP contribution in [0.4, 0.5) is 17.6 Å². The van der Waals surface area contributed by atoms with Crippen molar-refractivity contribution in [2.45, 2.75) is 26.6 Å². The van der Waals surface area contributed by atoms with Crippen LogP contribution in [0.25, 0.3) is 5.65 Å². The molecule has 0 radical (unpaired) electrons. The maximum Gasteiger partial charge on any atom is 0.491 e. The van der Waals surface area contributed by atoms with Crippen LogP contribution in [0, 0.1) is 19.7 Å². The molecule has 0 amide bonds. The van der Waals surface area contributed by atoms with Gasteiger partial charge in [0, 0.05) is 11.8 Å². The molecule has 3 aromatic heterocycles. The van der Waals surface area contributed by atoms with Crippen LogP contribution in [-0.2, 0) is 11.4 Å². The first kappa shape index (κ1) is 20.1. The Labute approximate surface area is 164 Å². The number of imidazole rings is 1. The Morgan fingerprint density at radius 1 is 1.32 bits per heavy atom. The van der Waals surface area contributed by atoms with Crippen LogP contribution in [-0.4, -0.2) is 26.5 Å². The zero-order valence-electron chi connectivity index (χ0n) is 14.5. The average Bonchev–Trinajstić information content (AvgIpc) is 2.91. The molecule has 148 valence electrons. The Hall–Kier alpha value is -2.69. The summed E-state index contributed by atoms with van der Waals surface area (Å²) in [5.41, 5.74) is 0.743. The van der Waals surface area contributed by atoms with Crippen LogP contribution in [0.15, 0.2) is 29.0 Å². The van der Waals surface area contributed by atoms with Gasteiger partial charge >= 0.3 is 12.1 Å².